The molecule has 1 aliphatic rings. The van der Waals surface area contributed by atoms with Gasteiger partial charge in [-0.2, -0.15) is 4.31 Å². The summed E-state index contributed by atoms with van der Waals surface area (Å²) in [4.78, 5) is 13.6. The monoisotopic (exact) mass is 486 g/mol. The van der Waals surface area contributed by atoms with Crippen LogP contribution in [-0.4, -0.2) is 36.8 Å². The van der Waals surface area contributed by atoms with Crippen LogP contribution in [0.1, 0.15) is 40.4 Å². The van der Waals surface area contributed by atoms with Gasteiger partial charge in [-0.25, -0.2) is 8.42 Å². The number of hydrogen-bond acceptors (Lipinski definition) is 4. The zero-order valence-corrected chi connectivity index (χ0v) is 19.9. The van der Waals surface area contributed by atoms with Crippen LogP contribution in [-0.2, 0) is 10.0 Å². The van der Waals surface area contributed by atoms with Crippen molar-refractivity contribution in [2.45, 2.75) is 23.8 Å². The van der Waals surface area contributed by atoms with Crippen molar-refractivity contribution in [2.24, 2.45) is 0 Å². The molecule has 1 aliphatic heterocycles. The van der Waals surface area contributed by atoms with Gasteiger partial charge in [0, 0.05) is 24.2 Å². The number of nitrogens with zero attached hydrogens (tertiary/aromatic N) is 1. The third-order valence-corrected chi connectivity index (χ3v) is 8.34. The number of benzene rings is 4. The Kier molecular flexibility index (Phi) is 6.28. The molecule has 0 saturated carbocycles. The predicted molar refractivity (Wildman–Crippen MR) is 136 cm³/mol. The van der Waals surface area contributed by atoms with Gasteiger partial charge in [0.25, 0.3) is 5.91 Å². The van der Waals surface area contributed by atoms with Crippen LogP contribution in [0, 0.1) is 0 Å². The highest BCUT2D eigenvalue weighted by molar-refractivity contribution is 7.89. The number of carbonyl (C=O) groups is 1. The van der Waals surface area contributed by atoms with Gasteiger partial charge in [0.1, 0.15) is 5.75 Å². The number of phenols is 1. The molecule has 1 amide bonds. The number of nitrogens with one attached hydrogen (secondary N) is 1. The Hall–Kier alpha value is -3.68. The van der Waals surface area contributed by atoms with Crippen molar-refractivity contribution >= 4 is 26.7 Å². The minimum absolute atomic E-state index is 0.0724. The molecule has 178 valence electrons. The molecule has 1 heterocycles. The quantitative estimate of drug-likeness (QED) is 0.408. The van der Waals surface area contributed by atoms with Gasteiger partial charge in [0.05, 0.1) is 10.9 Å². The number of hydrogen-bond donors (Lipinski definition) is 2. The van der Waals surface area contributed by atoms with Gasteiger partial charge >= 0.3 is 0 Å². The Bertz CT molecular complexity index is 1480. The molecule has 1 saturated heterocycles. The first-order valence-corrected chi connectivity index (χ1v) is 13.1. The van der Waals surface area contributed by atoms with Crippen LogP contribution in [0.25, 0.3) is 10.8 Å². The van der Waals surface area contributed by atoms with E-state index in [1.807, 2.05) is 60.7 Å². The second-order valence-electron chi connectivity index (χ2n) is 8.68. The van der Waals surface area contributed by atoms with Gasteiger partial charge in [-0.05, 0) is 53.4 Å². The number of rotatable bonds is 6. The molecule has 7 heteroatoms. The molecule has 2 N–H and O–H groups in total. The van der Waals surface area contributed by atoms with Gasteiger partial charge in [-0.15, -0.1) is 0 Å². The summed E-state index contributed by atoms with van der Waals surface area (Å²) >= 11 is 0. The maximum absolute atomic E-state index is 13.4. The summed E-state index contributed by atoms with van der Waals surface area (Å²) < 4.78 is 27.5. The summed E-state index contributed by atoms with van der Waals surface area (Å²) in [5.74, 6) is -0.354. The molecule has 5 rings (SSSR count). The first kappa shape index (κ1) is 23.1. The molecule has 4 aromatic rings. The third-order valence-electron chi connectivity index (χ3n) is 6.44. The lowest BCUT2D eigenvalue weighted by Crippen LogP contribution is -2.30. The molecule has 1 fully saturated rings. The van der Waals surface area contributed by atoms with Gasteiger partial charge < -0.3 is 10.4 Å². The van der Waals surface area contributed by atoms with Crippen molar-refractivity contribution in [1.82, 2.24) is 9.62 Å². The van der Waals surface area contributed by atoms with Gasteiger partial charge in [0.2, 0.25) is 10.0 Å². The molecule has 0 radical (unpaired) electrons. The van der Waals surface area contributed by atoms with Gasteiger partial charge in [-0.3, -0.25) is 4.79 Å². The van der Waals surface area contributed by atoms with Crippen molar-refractivity contribution in [3.8, 4) is 5.75 Å². The van der Waals surface area contributed by atoms with Crippen molar-refractivity contribution in [1.29, 1.82) is 0 Å². The van der Waals surface area contributed by atoms with E-state index in [9.17, 15) is 18.3 Å². The zero-order valence-electron chi connectivity index (χ0n) is 19.1. The number of amides is 1. The van der Waals surface area contributed by atoms with Crippen LogP contribution in [0.5, 0.6) is 5.75 Å². The lowest BCUT2D eigenvalue weighted by atomic mass is 9.92. The fraction of sp³-hybridized carbons (Fsp3) is 0.179. The van der Waals surface area contributed by atoms with Gasteiger partial charge in [-0.1, -0.05) is 66.7 Å². The topological polar surface area (TPSA) is 86.7 Å². The number of fused-ring (bicyclic) bond motifs is 1. The van der Waals surface area contributed by atoms with E-state index >= 15 is 0 Å². The highest BCUT2D eigenvalue weighted by Gasteiger charge is 2.28. The molecule has 1 atom stereocenters. The summed E-state index contributed by atoms with van der Waals surface area (Å²) in [5.41, 5.74) is 1.63. The summed E-state index contributed by atoms with van der Waals surface area (Å²) in [5, 5.41) is 15.7. The largest absolute Gasteiger partial charge is 0.508 e. The highest BCUT2D eigenvalue weighted by Crippen LogP contribution is 2.36. The van der Waals surface area contributed by atoms with E-state index in [2.05, 4.69) is 5.32 Å². The third kappa shape index (κ3) is 4.52. The Morgan fingerprint density at radius 1 is 0.857 bits per heavy atom. The summed E-state index contributed by atoms with van der Waals surface area (Å²) in [6, 6.07) is 26.1. The normalized spacial score (nSPS) is 15.2. The van der Waals surface area contributed by atoms with E-state index in [-0.39, 0.29) is 16.2 Å². The fourth-order valence-corrected chi connectivity index (χ4v) is 6.21. The minimum atomic E-state index is -3.65. The van der Waals surface area contributed by atoms with E-state index in [0.717, 1.165) is 29.2 Å². The maximum Gasteiger partial charge on any atom is 0.252 e. The summed E-state index contributed by atoms with van der Waals surface area (Å²) in [6.07, 6.45) is 1.68. The minimum Gasteiger partial charge on any atom is -0.508 e. The number of phenolic OH excluding ortho intramolecular Hbond substituents is 1. The van der Waals surface area contributed by atoms with E-state index in [4.69, 9.17) is 0 Å². The molecule has 0 bridgehead atoms. The molecule has 0 aliphatic carbocycles. The Labute approximate surface area is 204 Å². The van der Waals surface area contributed by atoms with Crippen LogP contribution in [0.15, 0.2) is 95.9 Å². The van der Waals surface area contributed by atoms with E-state index in [0.29, 0.717) is 18.7 Å². The first-order chi connectivity index (χ1) is 16.9. The highest BCUT2D eigenvalue weighted by atomic mass is 32.2. The van der Waals surface area contributed by atoms with Crippen molar-refractivity contribution in [3.63, 3.8) is 0 Å². The Balaban J connectivity index is 1.54. The molecular formula is C28H26N2O4S. The second-order valence-corrected chi connectivity index (χ2v) is 10.6. The fourth-order valence-electron chi connectivity index (χ4n) is 4.64. The first-order valence-electron chi connectivity index (χ1n) is 11.6. The van der Waals surface area contributed by atoms with Crippen molar-refractivity contribution in [2.75, 3.05) is 13.1 Å². The van der Waals surface area contributed by atoms with E-state index in [1.54, 1.807) is 18.2 Å². The average Bonchev–Trinajstić information content (AvgIpc) is 3.44. The number of aromatic hydroxyl groups is 1. The van der Waals surface area contributed by atoms with Crippen molar-refractivity contribution < 1.29 is 18.3 Å². The Morgan fingerprint density at radius 2 is 1.57 bits per heavy atom. The molecule has 6 nitrogen and oxygen atoms in total. The van der Waals surface area contributed by atoms with Crippen LogP contribution < -0.4 is 5.32 Å². The summed E-state index contributed by atoms with van der Waals surface area (Å²) in [7, 11) is -3.65. The SMILES string of the molecule is O=C(NC(c1ccccc1)c1c(O)ccc2ccccc12)c1cccc(S(=O)(=O)N2CCCC2)c1. The second kappa shape index (κ2) is 9.52. The Morgan fingerprint density at radius 3 is 2.34 bits per heavy atom. The molecule has 0 spiro atoms. The maximum atomic E-state index is 13.4. The van der Waals surface area contributed by atoms with Crippen LogP contribution >= 0.6 is 0 Å². The number of sulfonamides is 1. The van der Waals surface area contributed by atoms with E-state index in [1.165, 1.54) is 16.4 Å². The van der Waals surface area contributed by atoms with Crippen LogP contribution in [0.2, 0.25) is 0 Å². The molecule has 0 aromatic heterocycles. The lowest BCUT2D eigenvalue weighted by molar-refractivity contribution is 0.0942. The van der Waals surface area contributed by atoms with Crippen LogP contribution in [0.4, 0.5) is 0 Å². The molecular weight excluding hydrogens is 460 g/mol. The van der Waals surface area contributed by atoms with E-state index < -0.39 is 22.0 Å². The smallest absolute Gasteiger partial charge is 0.252 e. The zero-order chi connectivity index (χ0) is 24.4. The predicted octanol–water partition coefficient (Wildman–Crippen LogP) is 4.85. The van der Waals surface area contributed by atoms with Crippen molar-refractivity contribution in [3.05, 3.63) is 108 Å². The lowest BCUT2D eigenvalue weighted by Gasteiger charge is -2.23. The molecule has 1 unspecified atom stereocenters. The summed E-state index contributed by atoms with van der Waals surface area (Å²) in [6.45, 7) is 0.990. The molecule has 35 heavy (non-hydrogen) atoms. The molecule has 4 aromatic carbocycles. The standard InChI is InChI=1S/C28H26N2O4S/c31-25-16-15-20-9-4-5-14-24(20)26(25)27(21-10-2-1-3-11-21)29-28(32)22-12-8-13-23(19-22)35(33,34)30-17-6-7-18-30/h1-5,8-16,19,27,31H,6-7,17-18H2,(H,29,32). The average molecular weight is 487 g/mol. The van der Waals surface area contributed by atoms with Gasteiger partial charge in [0.15, 0.2) is 0 Å². The van der Waals surface area contributed by atoms with Crippen LogP contribution in [0.3, 0.4) is 0 Å². The number of carbonyl (C=O) groups excluding carboxylic acids is 1.